The molecule has 1 aliphatic rings. The van der Waals surface area contributed by atoms with E-state index in [0.29, 0.717) is 34.4 Å². The molecule has 38 heavy (non-hydrogen) atoms. The van der Waals surface area contributed by atoms with Gasteiger partial charge in [-0.3, -0.25) is 9.59 Å². The summed E-state index contributed by atoms with van der Waals surface area (Å²) >= 11 is 6.33. The minimum atomic E-state index is -4.46. The van der Waals surface area contributed by atoms with Gasteiger partial charge in [-0.2, -0.15) is 13.2 Å². The van der Waals surface area contributed by atoms with Crippen molar-refractivity contribution < 1.29 is 37.3 Å². The number of carboxylic acids is 1. The summed E-state index contributed by atoms with van der Waals surface area (Å²) in [4.78, 5) is 28.4. The van der Waals surface area contributed by atoms with Gasteiger partial charge < -0.3 is 19.9 Å². The molecule has 0 bridgehead atoms. The minimum Gasteiger partial charge on any atom is -0.493 e. The van der Waals surface area contributed by atoms with Gasteiger partial charge in [-0.15, -0.1) is 0 Å². The molecule has 1 aromatic heterocycles. The Morgan fingerprint density at radius 3 is 2.53 bits per heavy atom. The summed E-state index contributed by atoms with van der Waals surface area (Å²) in [6.07, 6.45) is -4.12. The van der Waals surface area contributed by atoms with E-state index in [4.69, 9.17) is 21.1 Å². The number of alkyl halides is 3. The van der Waals surface area contributed by atoms with Crippen molar-refractivity contribution in [3.8, 4) is 17.2 Å². The smallest absolute Gasteiger partial charge is 0.416 e. The highest BCUT2D eigenvalue weighted by atomic mass is 35.5. The van der Waals surface area contributed by atoms with Crippen LogP contribution in [-0.2, 0) is 11.0 Å². The number of halogens is 4. The van der Waals surface area contributed by atoms with E-state index in [-0.39, 0.29) is 28.8 Å². The molecule has 1 amide bonds. The second kappa shape index (κ2) is 9.86. The van der Waals surface area contributed by atoms with Crippen LogP contribution in [-0.4, -0.2) is 28.6 Å². The van der Waals surface area contributed by atoms with Crippen LogP contribution in [0.5, 0.6) is 17.2 Å². The summed E-state index contributed by atoms with van der Waals surface area (Å²) < 4.78 is 50.1. The number of pyridine rings is 1. The van der Waals surface area contributed by atoms with Crippen LogP contribution >= 0.6 is 11.6 Å². The highest BCUT2D eigenvalue weighted by Crippen LogP contribution is 2.42. The van der Waals surface area contributed by atoms with Crippen LogP contribution in [0.4, 0.5) is 19.0 Å². The fourth-order valence-electron chi connectivity index (χ4n) is 4.09. The highest BCUT2D eigenvalue weighted by molar-refractivity contribution is 6.32. The zero-order chi connectivity index (χ0) is 27.0. The topological polar surface area (TPSA) is 97.8 Å². The molecule has 11 heteroatoms. The maximum atomic E-state index is 12.9. The molecule has 1 unspecified atom stereocenters. The predicted molar refractivity (Wildman–Crippen MR) is 133 cm³/mol. The van der Waals surface area contributed by atoms with E-state index < -0.39 is 29.5 Å². The van der Waals surface area contributed by atoms with Crippen LogP contribution < -0.4 is 14.8 Å². The van der Waals surface area contributed by atoms with Gasteiger partial charge in [-0.25, -0.2) is 4.98 Å². The van der Waals surface area contributed by atoms with E-state index in [9.17, 15) is 27.9 Å². The molecule has 1 aliphatic heterocycles. The van der Waals surface area contributed by atoms with E-state index >= 15 is 0 Å². The minimum absolute atomic E-state index is 0.183. The lowest BCUT2D eigenvalue weighted by atomic mass is 9.93. The van der Waals surface area contributed by atoms with Crippen molar-refractivity contribution in [1.29, 1.82) is 0 Å². The van der Waals surface area contributed by atoms with Crippen molar-refractivity contribution >= 4 is 40.2 Å². The van der Waals surface area contributed by atoms with Crippen LogP contribution in [0.25, 0.3) is 10.9 Å². The molecule has 2 N–H and O–H groups in total. The van der Waals surface area contributed by atoms with Crippen LogP contribution in [0.15, 0.2) is 66.7 Å². The van der Waals surface area contributed by atoms with Gasteiger partial charge in [0.1, 0.15) is 23.1 Å². The molecule has 1 atom stereocenters. The van der Waals surface area contributed by atoms with Crippen molar-refractivity contribution in [2.45, 2.75) is 18.5 Å². The molecule has 0 spiro atoms. The number of hydrogen-bond acceptors (Lipinski definition) is 5. The first-order valence-electron chi connectivity index (χ1n) is 11.3. The van der Waals surface area contributed by atoms with Crippen molar-refractivity contribution in [2.75, 3.05) is 11.9 Å². The number of carboxylic acid groups (broad SMARTS) is 1. The van der Waals surface area contributed by atoms with Gasteiger partial charge in [0.15, 0.2) is 0 Å². The van der Waals surface area contributed by atoms with E-state index in [2.05, 4.69) is 10.3 Å². The third-order valence-corrected chi connectivity index (χ3v) is 6.30. The number of aromatic nitrogens is 1. The number of nitrogens with zero attached hydrogens (tertiary/aromatic N) is 1. The number of benzene rings is 3. The molecule has 7 nitrogen and oxygen atoms in total. The number of anilines is 1. The molecule has 3 aromatic carbocycles. The van der Waals surface area contributed by atoms with Gasteiger partial charge in [0.05, 0.1) is 28.6 Å². The summed E-state index contributed by atoms with van der Waals surface area (Å²) in [6.45, 7) is 0.259. The predicted octanol–water partition coefficient (Wildman–Crippen LogP) is 6.90. The van der Waals surface area contributed by atoms with Crippen molar-refractivity contribution in [2.24, 2.45) is 0 Å². The van der Waals surface area contributed by atoms with E-state index in [1.165, 1.54) is 42.5 Å². The fourth-order valence-corrected chi connectivity index (χ4v) is 4.30. The Morgan fingerprint density at radius 1 is 1.05 bits per heavy atom. The van der Waals surface area contributed by atoms with Crippen LogP contribution in [0, 0.1) is 0 Å². The Balaban J connectivity index is 1.28. The Morgan fingerprint density at radius 2 is 1.82 bits per heavy atom. The lowest BCUT2D eigenvalue weighted by molar-refractivity contribution is -0.139. The number of hydrogen-bond donors (Lipinski definition) is 2. The number of aliphatic carboxylic acids is 1. The Hall–Kier alpha value is -4.31. The van der Waals surface area contributed by atoms with Gasteiger partial charge in [0.2, 0.25) is 0 Å². The van der Waals surface area contributed by atoms with Gasteiger partial charge in [-0.05, 0) is 67.1 Å². The number of rotatable bonds is 5. The first-order valence-corrected chi connectivity index (χ1v) is 11.7. The molecule has 5 rings (SSSR count). The molecule has 0 aliphatic carbocycles. The van der Waals surface area contributed by atoms with Crippen molar-refractivity contribution in [3.63, 3.8) is 0 Å². The zero-order valence-corrected chi connectivity index (χ0v) is 20.1. The summed E-state index contributed by atoms with van der Waals surface area (Å²) in [5.74, 6) is -0.934. The molecule has 0 saturated carbocycles. The average Bonchev–Trinajstić information content (AvgIpc) is 2.88. The quantitative estimate of drug-likeness (QED) is 0.285. The normalized spacial score (nSPS) is 14.9. The molecule has 4 aromatic rings. The van der Waals surface area contributed by atoms with E-state index in [0.717, 1.165) is 12.1 Å². The van der Waals surface area contributed by atoms with Gasteiger partial charge in [0.25, 0.3) is 5.91 Å². The lowest BCUT2D eigenvalue weighted by Crippen LogP contribution is -2.20. The third kappa shape index (κ3) is 5.21. The summed E-state index contributed by atoms with van der Waals surface area (Å²) in [7, 11) is 0. The highest BCUT2D eigenvalue weighted by Gasteiger charge is 2.31. The molecule has 194 valence electrons. The molecule has 2 heterocycles. The number of carbonyl (C=O) groups is 2. The van der Waals surface area contributed by atoms with E-state index in [1.807, 2.05) is 0 Å². The Kier molecular flexibility index (Phi) is 6.58. The maximum Gasteiger partial charge on any atom is 0.416 e. The molecular weight excluding hydrogens is 525 g/mol. The molecule has 0 saturated heterocycles. The van der Waals surface area contributed by atoms with Gasteiger partial charge >= 0.3 is 12.1 Å². The van der Waals surface area contributed by atoms with Crippen LogP contribution in [0.2, 0.25) is 5.02 Å². The number of ether oxygens (including phenoxy) is 2. The maximum absolute atomic E-state index is 12.9. The lowest BCUT2D eigenvalue weighted by Gasteiger charge is -2.24. The third-order valence-electron chi connectivity index (χ3n) is 6.00. The SMILES string of the molecule is O=C(Nc1ccc2cc(C(F)(F)F)ccc2n1)c1ccc(Oc2cc3c(cc2Cl)C(C(=O)O)CCO3)cc1. The second-order valence-electron chi connectivity index (χ2n) is 8.53. The first kappa shape index (κ1) is 25.3. The average molecular weight is 543 g/mol. The monoisotopic (exact) mass is 542 g/mol. The largest absolute Gasteiger partial charge is 0.493 e. The van der Waals surface area contributed by atoms with Crippen LogP contribution in [0.1, 0.15) is 33.8 Å². The summed E-state index contributed by atoms with van der Waals surface area (Å²) in [6, 6.07) is 15.3. The summed E-state index contributed by atoms with van der Waals surface area (Å²) in [5.41, 5.74) is 0.298. The Bertz CT molecular complexity index is 1560. The second-order valence-corrected chi connectivity index (χ2v) is 8.94. The standard InChI is InChI=1S/C27H18ClF3N2O5/c28-20-12-19-18(26(35)36)9-10-37-22(19)13-23(20)38-17-5-1-14(2-6-17)25(34)33-24-8-3-15-11-16(27(29,30)31)4-7-21(15)32-24/h1-8,11-13,18H,9-10H2,(H,35,36)(H,32,33,34). The molecule has 0 radical (unpaired) electrons. The van der Waals surface area contributed by atoms with Crippen LogP contribution in [0.3, 0.4) is 0 Å². The number of carbonyl (C=O) groups excluding carboxylic acids is 1. The van der Waals surface area contributed by atoms with E-state index in [1.54, 1.807) is 12.1 Å². The van der Waals surface area contributed by atoms with Gasteiger partial charge in [-0.1, -0.05) is 11.6 Å². The van der Waals surface area contributed by atoms with Crippen molar-refractivity contribution in [3.05, 3.63) is 88.4 Å². The summed E-state index contributed by atoms with van der Waals surface area (Å²) in [5, 5.41) is 12.6. The fraction of sp³-hybridized carbons (Fsp3) is 0.148. The molecular formula is C27H18ClF3N2O5. The number of nitrogens with one attached hydrogen (secondary N) is 1. The first-order chi connectivity index (χ1) is 18.1. The number of fused-ring (bicyclic) bond motifs is 2. The van der Waals surface area contributed by atoms with Crippen molar-refractivity contribution in [1.82, 2.24) is 4.98 Å². The number of amides is 1. The Labute approximate surface area is 218 Å². The molecule has 0 fully saturated rings. The zero-order valence-electron chi connectivity index (χ0n) is 19.4. The van der Waals surface area contributed by atoms with Gasteiger partial charge in [0, 0.05) is 22.6 Å².